The van der Waals surface area contributed by atoms with E-state index < -0.39 is 0 Å². The molecule has 8 nitrogen and oxygen atoms in total. The molecule has 1 saturated heterocycles. The summed E-state index contributed by atoms with van der Waals surface area (Å²) >= 11 is 0. The van der Waals surface area contributed by atoms with Crippen molar-refractivity contribution >= 4 is 5.91 Å². The second-order valence-electron chi connectivity index (χ2n) is 7.79. The van der Waals surface area contributed by atoms with E-state index in [2.05, 4.69) is 25.3 Å². The highest BCUT2D eigenvalue weighted by molar-refractivity contribution is 5.76. The van der Waals surface area contributed by atoms with Gasteiger partial charge in [-0.1, -0.05) is 49.3 Å². The molecule has 1 fully saturated rings. The fraction of sp³-hybridized carbons (Fsp3) is 0.476. The molecule has 0 bridgehead atoms. The molecule has 8 heteroatoms. The maximum Gasteiger partial charge on any atom is 0.227 e. The van der Waals surface area contributed by atoms with E-state index in [1.165, 1.54) is 0 Å². The van der Waals surface area contributed by atoms with Crippen LogP contribution in [0.1, 0.15) is 62.5 Å². The van der Waals surface area contributed by atoms with Gasteiger partial charge in [0.25, 0.3) is 0 Å². The molecule has 0 aliphatic carbocycles. The van der Waals surface area contributed by atoms with Crippen LogP contribution in [0.4, 0.5) is 0 Å². The molecule has 1 N–H and O–H groups in total. The number of hydrogen-bond donors (Lipinski definition) is 1. The van der Waals surface area contributed by atoms with Crippen molar-refractivity contribution in [1.82, 2.24) is 30.2 Å². The van der Waals surface area contributed by atoms with Gasteiger partial charge in [0, 0.05) is 43.3 Å². The summed E-state index contributed by atoms with van der Waals surface area (Å²) in [6.07, 6.45) is 2.79. The molecule has 0 spiro atoms. The first-order valence-corrected chi connectivity index (χ1v) is 10.2. The molecule has 1 unspecified atom stereocenters. The number of nitrogens with one attached hydrogen (secondary N) is 1. The lowest BCUT2D eigenvalue weighted by Crippen LogP contribution is -2.39. The molecule has 2 aromatic heterocycles. The van der Waals surface area contributed by atoms with Crippen molar-refractivity contribution in [3.63, 3.8) is 0 Å². The van der Waals surface area contributed by atoms with E-state index >= 15 is 0 Å². The Morgan fingerprint density at radius 3 is 2.86 bits per heavy atom. The van der Waals surface area contributed by atoms with Crippen LogP contribution in [0.2, 0.25) is 0 Å². The van der Waals surface area contributed by atoms with Gasteiger partial charge in [-0.05, 0) is 12.8 Å². The number of carbonyl (C=O) groups excluding carboxylic acids is 1. The molecular weight excluding hydrogens is 368 g/mol. The maximum atomic E-state index is 12.7. The van der Waals surface area contributed by atoms with E-state index in [9.17, 15) is 4.79 Å². The maximum absolute atomic E-state index is 12.7. The zero-order valence-electron chi connectivity index (χ0n) is 16.8. The number of benzene rings is 1. The Morgan fingerprint density at radius 2 is 2.10 bits per heavy atom. The predicted octanol–water partition coefficient (Wildman–Crippen LogP) is 3.32. The number of likely N-dealkylation sites (tertiary alicyclic amines) is 1. The largest absolute Gasteiger partial charge is 0.342 e. The Labute approximate surface area is 169 Å². The molecule has 1 aliphatic heterocycles. The van der Waals surface area contributed by atoms with Crippen LogP contribution in [0.25, 0.3) is 11.4 Å². The summed E-state index contributed by atoms with van der Waals surface area (Å²) in [5.74, 6) is 3.26. The third-order valence-electron chi connectivity index (χ3n) is 5.25. The van der Waals surface area contributed by atoms with Crippen molar-refractivity contribution in [2.45, 2.75) is 51.4 Å². The van der Waals surface area contributed by atoms with Gasteiger partial charge < -0.3 is 9.42 Å². The minimum absolute atomic E-state index is 0.113. The SMILES string of the molecule is CC(C)c1noc(CCC(=O)N2CCCC(c3nc(-c4ccccc4)n[nH]3)C2)n1. The Kier molecular flexibility index (Phi) is 5.69. The van der Waals surface area contributed by atoms with Crippen LogP contribution in [0.15, 0.2) is 34.9 Å². The highest BCUT2D eigenvalue weighted by Gasteiger charge is 2.27. The Balaban J connectivity index is 1.35. The highest BCUT2D eigenvalue weighted by atomic mass is 16.5. The lowest BCUT2D eigenvalue weighted by atomic mass is 9.97. The minimum Gasteiger partial charge on any atom is -0.342 e. The first-order chi connectivity index (χ1) is 14.1. The third kappa shape index (κ3) is 4.52. The first-order valence-electron chi connectivity index (χ1n) is 10.2. The third-order valence-corrected chi connectivity index (χ3v) is 5.25. The van der Waals surface area contributed by atoms with Crippen LogP contribution in [0, 0.1) is 0 Å². The first kappa shape index (κ1) is 19.3. The summed E-state index contributed by atoms with van der Waals surface area (Å²) in [6.45, 7) is 5.46. The molecule has 29 heavy (non-hydrogen) atoms. The summed E-state index contributed by atoms with van der Waals surface area (Å²) in [5.41, 5.74) is 0.985. The second-order valence-corrected chi connectivity index (χ2v) is 7.79. The monoisotopic (exact) mass is 394 g/mol. The predicted molar refractivity (Wildman–Crippen MR) is 107 cm³/mol. The van der Waals surface area contributed by atoms with Crippen LogP contribution < -0.4 is 0 Å². The Morgan fingerprint density at radius 1 is 1.28 bits per heavy atom. The number of piperidine rings is 1. The number of hydrogen-bond acceptors (Lipinski definition) is 6. The summed E-state index contributed by atoms with van der Waals surface area (Å²) in [7, 11) is 0. The topological polar surface area (TPSA) is 101 Å². The zero-order valence-corrected chi connectivity index (χ0v) is 16.8. The lowest BCUT2D eigenvalue weighted by Gasteiger charge is -2.31. The number of aromatic amines is 1. The average Bonchev–Trinajstić information content (AvgIpc) is 3.43. The van der Waals surface area contributed by atoms with E-state index in [1.807, 2.05) is 49.1 Å². The van der Waals surface area contributed by atoms with Gasteiger partial charge in [0.15, 0.2) is 11.6 Å². The van der Waals surface area contributed by atoms with E-state index in [4.69, 9.17) is 4.52 Å². The smallest absolute Gasteiger partial charge is 0.227 e. The number of aryl methyl sites for hydroxylation is 1. The number of nitrogens with zero attached hydrogens (tertiary/aromatic N) is 5. The van der Waals surface area contributed by atoms with E-state index in [0.717, 1.165) is 30.8 Å². The van der Waals surface area contributed by atoms with Crippen LogP contribution >= 0.6 is 0 Å². The number of H-pyrrole nitrogens is 1. The molecule has 0 saturated carbocycles. The van der Waals surface area contributed by atoms with Gasteiger partial charge in [-0.15, -0.1) is 0 Å². The minimum atomic E-state index is 0.113. The highest BCUT2D eigenvalue weighted by Crippen LogP contribution is 2.26. The molecule has 1 atom stereocenters. The van der Waals surface area contributed by atoms with Gasteiger partial charge in [-0.3, -0.25) is 9.89 Å². The number of amides is 1. The number of carbonyl (C=O) groups is 1. The molecule has 1 aromatic carbocycles. The average molecular weight is 394 g/mol. The molecule has 4 rings (SSSR count). The van der Waals surface area contributed by atoms with Gasteiger partial charge in [-0.2, -0.15) is 10.1 Å². The van der Waals surface area contributed by atoms with Gasteiger partial charge in [0.1, 0.15) is 5.82 Å². The van der Waals surface area contributed by atoms with Gasteiger partial charge in [0.2, 0.25) is 11.8 Å². The Hall–Kier alpha value is -3.03. The number of rotatable bonds is 6. The summed E-state index contributed by atoms with van der Waals surface area (Å²) in [5, 5.41) is 11.4. The van der Waals surface area contributed by atoms with Crippen molar-refractivity contribution in [1.29, 1.82) is 0 Å². The molecule has 0 radical (unpaired) electrons. The molecule has 1 amide bonds. The van der Waals surface area contributed by atoms with Crippen LogP contribution in [0.5, 0.6) is 0 Å². The van der Waals surface area contributed by atoms with Crippen LogP contribution in [-0.2, 0) is 11.2 Å². The molecule has 152 valence electrons. The molecule has 1 aliphatic rings. The van der Waals surface area contributed by atoms with Crippen molar-refractivity contribution < 1.29 is 9.32 Å². The molecule has 3 aromatic rings. The fourth-order valence-electron chi connectivity index (χ4n) is 3.58. The fourth-order valence-corrected chi connectivity index (χ4v) is 3.58. The second kappa shape index (κ2) is 8.55. The van der Waals surface area contributed by atoms with Crippen LogP contribution in [0.3, 0.4) is 0 Å². The molecular formula is C21H26N6O2. The van der Waals surface area contributed by atoms with Crippen molar-refractivity contribution in [3.05, 3.63) is 47.9 Å². The molecule has 3 heterocycles. The summed E-state index contributed by atoms with van der Waals surface area (Å²) in [4.78, 5) is 23.6. The summed E-state index contributed by atoms with van der Waals surface area (Å²) in [6, 6.07) is 9.90. The van der Waals surface area contributed by atoms with E-state index in [-0.39, 0.29) is 17.7 Å². The van der Waals surface area contributed by atoms with Crippen molar-refractivity contribution in [3.8, 4) is 11.4 Å². The number of aromatic nitrogens is 5. The van der Waals surface area contributed by atoms with Crippen LogP contribution in [-0.4, -0.2) is 49.2 Å². The van der Waals surface area contributed by atoms with Crippen molar-refractivity contribution in [2.75, 3.05) is 13.1 Å². The van der Waals surface area contributed by atoms with Gasteiger partial charge in [-0.25, -0.2) is 4.98 Å². The van der Waals surface area contributed by atoms with Gasteiger partial charge >= 0.3 is 0 Å². The van der Waals surface area contributed by atoms with E-state index in [1.54, 1.807) is 0 Å². The van der Waals surface area contributed by atoms with E-state index in [0.29, 0.717) is 36.9 Å². The van der Waals surface area contributed by atoms with Crippen molar-refractivity contribution in [2.24, 2.45) is 0 Å². The quantitative estimate of drug-likeness (QED) is 0.688. The summed E-state index contributed by atoms with van der Waals surface area (Å²) < 4.78 is 5.24. The standard InChI is InChI=1S/C21H26N6O2/c1-14(2)19-22-17(29-26-19)10-11-18(28)27-12-6-9-16(13-27)21-23-20(24-25-21)15-7-4-3-5-8-15/h3-5,7-8,14,16H,6,9-13H2,1-2H3,(H,23,24,25). The zero-order chi connectivity index (χ0) is 20.2. The van der Waals surface area contributed by atoms with Gasteiger partial charge in [0.05, 0.1) is 0 Å². The normalized spacial score (nSPS) is 17.1. The Bertz CT molecular complexity index is 949. The lowest BCUT2D eigenvalue weighted by molar-refractivity contribution is -0.132.